The predicted octanol–water partition coefficient (Wildman–Crippen LogP) is 5.71. The van der Waals surface area contributed by atoms with E-state index in [1.54, 1.807) is 0 Å². The monoisotopic (exact) mass is 559 g/mol. The van der Waals surface area contributed by atoms with E-state index in [0.29, 0.717) is 16.7 Å². The molecule has 0 aliphatic heterocycles. The third-order valence-corrected chi connectivity index (χ3v) is 4.82. The average Bonchev–Trinajstić information content (AvgIpc) is 2.90. The van der Waals surface area contributed by atoms with Crippen LogP contribution in [-0.4, -0.2) is 14.4 Å². The normalized spacial score (nSPS) is 12.7. The molecule has 0 atom stereocenters. The molecule has 0 unspecified atom stereocenters. The maximum absolute atomic E-state index is 13.9. The molecule has 3 aromatic heterocycles. The van der Waals surface area contributed by atoms with E-state index in [2.05, 4.69) is 52.6 Å². The Morgan fingerprint density at radius 3 is 2.11 bits per heavy atom. The molecule has 0 saturated heterocycles. The van der Waals surface area contributed by atoms with Gasteiger partial charge in [0.2, 0.25) is 0 Å². The van der Waals surface area contributed by atoms with Gasteiger partial charge in [0.05, 0.1) is 16.7 Å². The molecule has 28 heavy (non-hydrogen) atoms. The second-order valence-electron chi connectivity index (χ2n) is 9.10. The molecule has 3 nitrogen and oxygen atoms in total. The maximum Gasteiger partial charge on any atom is 0.161 e. The first-order valence-corrected chi connectivity index (χ1v) is 9.00. The number of imidazole rings is 1. The molecule has 0 aliphatic carbocycles. The van der Waals surface area contributed by atoms with Crippen molar-refractivity contribution in [1.82, 2.24) is 14.4 Å². The Morgan fingerprint density at radius 2 is 1.50 bits per heavy atom. The summed E-state index contributed by atoms with van der Waals surface area (Å²) >= 11 is 0. The van der Waals surface area contributed by atoms with Crippen LogP contribution < -0.4 is 0 Å². The zero-order valence-electron chi connectivity index (χ0n) is 16.7. The molecule has 6 heteroatoms. The van der Waals surface area contributed by atoms with Crippen molar-refractivity contribution in [1.29, 1.82) is 0 Å². The molecular formula is C22H22F2IrN3-. The molecule has 1 radical (unpaired) electrons. The molecule has 4 rings (SSSR count). The molecule has 0 fully saturated rings. The number of rotatable bonds is 0. The summed E-state index contributed by atoms with van der Waals surface area (Å²) < 4.78 is 29.6. The minimum Gasteiger partial charge on any atom is -0.348 e. The summed E-state index contributed by atoms with van der Waals surface area (Å²) in [7, 11) is 0. The van der Waals surface area contributed by atoms with E-state index in [1.165, 1.54) is 6.07 Å². The SMILES string of the molecule is CC(C)(C)c1c[c-]c2c(cc(C(C)(C)C)n3c4cc(F)c(F)cc4nc23)n1.[Ir]. The Bertz CT molecular complexity index is 1210. The van der Waals surface area contributed by atoms with Crippen molar-refractivity contribution in [3.05, 3.63) is 53.4 Å². The summed E-state index contributed by atoms with van der Waals surface area (Å²) in [4.78, 5) is 9.44. The molecule has 0 bridgehead atoms. The van der Waals surface area contributed by atoms with Crippen molar-refractivity contribution < 1.29 is 28.9 Å². The molecular weight excluding hydrogens is 536 g/mol. The Hall–Kier alpha value is -1.91. The van der Waals surface area contributed by atoms with Gasteiger partial charge in [0.15, 0.2) is 11.6 Å². The molecule has 0 spiro atoms. The molecule has 3 heterocycles. The van der Waals surface area contributed by atoms with Gasteiger partial charge < -0.3 is 9.38 Å². The van der Waals surface area contributed by atoms with Gasteiger partial charge in [0.25, 0.3) is 0 Å². The van der Waals surface area contributed by atoms with Gasteiger partial charge in [-0.3, -0.25) is 4.98 Å². The summed E-state index contributed by atoms with van der Waals surface area (Å²) in [5.74, 6) is -1.78. The van der Waals surface area contributed by atoms with Crippen LogP contribution >= 0.6 is 0 Å². The van der Waals surface area contributed by atoms with Crippen LogP contribution in [0.25, 0.3) is 27.6 Å². The summed E-state index contributed by atoms with van der Waals surface area (Å²) in [6, 6.07) is 9.55. The third-order valence-electron chi connectivity index (χ3n) is 4.82. The van der Waals surface area contributed by atoms with E-state index >= 15 is 0 Å². The van der Waals surface area contributed by atoms with E-state index in [-0.39, 0.29) is 30.9 Å². The fourth-order valence-corrected chi connectivity index (χ4v) is 3.33. The first-order valence-electron chi connectivity index (χ1n) is 9.00. The predicted molar refractivity (Wildman–Crippen MR) is 104 cm³/mol. The number of pyridine rings is 2. The number of hydrogen-bond acceptors (Lipinski definition) is 2. The summed E-state index contributed by atoms with van der Waals surface area (Å²) in [5.41, 5.74) is 3.89. The number of aromatic nitrogens is 3. The number of nitrogens with zero attached hydrogens (tertiary/aromatic N) is 3. The minimum atomic E-state index is -0.898. The Balaban J connectivity index is 0.00000225. The molecule has 0 saturated carbocycles. The van der Waals surface area contributed by atoms with Gasteiger partial charge in [-0.2, -0.15) is 0 Å². The van der Waals surface area contributed by atoms with Crippen LogP contribution in [0.3, 0.4) is 0 Å². The molecule has 1 aromatic carbocycles. The number of halogens is 2. The van der Waals surface area contributed by atoms with Crippen LogP contribution in [0.4, 0.5) is 8.78 Å². The zero-order chi connectivity index (χ0) is 19.7. The summed E-state index contributed by atoms with van der Waals surface area (Å²) in [6.07, 6.45) is 0. The van der Waals surface area contributed by atoms with Gasteiger partial charge >= 0.3 is 0 Å². The quantitative estimate of drug-likeness (QED) is 0.259. The van der Waals surface area contributed by atoms with Gasteiger partial charge in [0, 0.05) is 43.3 Å². The van der Waals surface area contributed by atoms with Crippen LogP contribution in [0, 0.1) is 17.7 Å². The fourth-order valence-electron chi connectivity index (χ4n) is 3.33. The molecule has 4 aromatic rings. The number of benzene rings is 1. The van der Waals surface area contributed by atoms with Crippen LogP contribution in [0.15, 0.2) is 24.3 Å². The van der Waals surface area contributed by atoms with E-state index in [9.17, 15) is 8.78 Å². The Kier molecular flexibility index (Phi) is 4.88. The third kappa shape index (κ3) is 3.23. The summed E-state index contributed by atoms with van der Waals surface area (Å²) in [5, 5.41) is 0.744. The van der Waals surface area contributed by atoms with Crippen molar-refractivity contribution >= 4 is 27.6 Å². The van der Waals surface area contributed by atoms with E-state index in [0.717, 1.165) is 28.4 Å². The van der Waals surface area contributed by atoms with Gasteiger partial charge in [-0.05, 0) is 16.6 Å². The van der Waals surface area contributed by atoms with Gasteiger partial charge in [-0.1, -0.05) is 53.0 Å². The van der Waals surface area contributed by atoms with Crippen LogP contribution in [0.5, 0.6) is 0 Å². The zero-order valence-corrected chi connectivity index (χ0v) is 19.1. The van der Waals surface area contributed by atoms with Crippen molar-refractivity contribution in [3.8, 4) is 0 Å². The minimum absolute atomic E-state index is 0. The van der Waals surface area contributed by atoms with Crippen molar-refractivity contribution in [3.63, 3.8) is 0 Å². The molecule has 0 amide bonds. The van der Waals surface area contributed by atoms with Crippen molar-refractivity contribution in [2.24, 2.45) is 0 Å². The topological polar surface area (TPSA) is 30.2 Å². The number of fused-ring (bicyclic) bond motifs is 5. The first-order chi connectivity index (χ1) is 12.5. The maximum atomic E-state index is 13.9. The van der Waals surface area contributed by atoms with Crippen LogP contribution in [-0.2, 0) is 30.9 Å². The van der Waals surface area contributed by atoms with Gasteiger partial charge in [-0.25, -0.2) is 8.78 Å². The van der Waals surface area contributed by atoms with Gasteiger partial charge in [-0.15, -0.1) is 12.1 Å². The van der Waals surface area contributed by atoms with E-state index < -0.39 is 11.6 Å². The van der Waals surface area contributed by atoms with Gasteiger partial charge in [0.1, 0.15) is 0 Å². The number of hydrogen-bond donors (Lipinski definition) is 0. The second kappa shape index (κ2) is 6.57. The molecule has 0 aliphatic rings. The first kappa shape index (κ1) is 20.8. The second-order valence-corrected chi connectivity index (χ2v) is 9.10. The van der Waals surface area contributed by atoms with Crippen molar-refractivity contribution in [2.45, 2.75) is 52.4 Å². The summed E-state index contributed by atoms with van der Waals surface area (Å²) in [6.45, 7) is 12.6. The smallest absolute Gasteiger partial charge is 0.161 e. The van der Waals surface area contributed by atoms with Crippen LogP contribution in [0.2, 0.25) is 0 Å². The largest absolute Gasteiger partial charge is 0.348 e. The standard InChI is InChI=1S/C22H22F2N3.Ir/c1-21(2,3)18-8-7-12-15(25-18)11-19(22(4,5)6)27-17-10-14(24)13(23)9-16(17)26-20(12)27;/h8-11H,1-6H3;/q-1;. The van der Waals surface area contributed by atoms with E-state index in [1.807, 2.05) is 16.5 Å². The average molecular weight is 559 g/mol. The van der Waals surface area contributed by atoms with Crippen molar-refractivity contribution in [2.75, 3.05) is 0 Å². The fraction of sp³-hybridized carbons (Fsp3) is 0.364. The Morgan fingerprint density at radius 1 is 0.857 bits per heavy atom. The molecule has 149 valence electrons. The Labute approximate surface area is 176 Å². The van der Waals surface area contributed by atoms with E-state index in [4.69, 9.17) is 4.98 Å². The molecule has 0 N–H and O–H groups in total. The van der Waals surface area contributed by atoms with Crippen LogP contribution in [0.1, 0.15) is 52.9 Å².